The van der Waals surface area contributed by atoms with Gasteiger partial charge in [0.2, 0.25) is 15.9 Å². The summed E-state index contributed by atoms with van der Waals surface area (Å²) in [5.41, 5.74) is 2.27. The van der Waals surface area contributed by atoms with Crippen molar-refractivity contribution >= 4 is 27.3 Å². The van der Waals surface area contributed by atoms with E-state index >= 15 is 0 Å². The molecule has 27 heavy (non-hydrogen) atoms. The Balaban J connectivity index is 2.18. The van der Waals surface area contributed by atoms with Gasteiger partial charge < -0.3 is 15.5 Å². The van der Waals surface area contributed by atoms with Crippen molar-refractivity contribution in [3.05, 3.63) is 54.1 Å². The van der Waals surface area contributed by atoms with E-state index in [1.165, 1.54) is 12.1 Å². The molecule has 0 aliphatic carbocycles. The van der Waals surface area contributed by atoms with Crippen LogP contribution in [0.15, 0.2) is 53.4 Å². The molecule has 0 saturated heterocycles. The minimum absolute atomic E-state index is 0.0131. The van der Waals surface area contributed by atoms with Crippen molar-refractivity contribution < 1.29 is 13.2 Å². The van der Waals surface area contributed by atoms with Gasteiger partial charge in [0.15, 0.2) is 0 Å². The first-order valence-corrected chi connectivity index (χ1v) is 10.1. The first kappa shape index (κ1) is 20.7. The highest BCUT2D eigenvalue weighted by atomic mass is 32.2. The van der Waals surface area contributed by atoms with Crippen LogP contribution in [0.2, 0.25) is 0 Å². The van der Waals surface area contributed by atoms with Crippen molar-refractivity contribution in [2.75, 3.05) is 24.3 Å². The zero-order valence-corrected chi connectivity index (χ0v) is 16.7. The maximum absolute atomic E-state index is 12.6. The Morgan fingerprint density at radius 2 is 1.70 bits per heavy atom. The van der Waals surface area contributed by atoms with Crippen LogP contribution in [0.3, 0.4) is 0 Å². The van der Waals surface area contributed by atoms with Crippen LogP contribution in [-0.2, 0) is 14.8 Å². The molecule has 0 bridgehead atoms. The van der Waals surface area contributed by atoms with Gasteiger partial charge in [0, 0.05) is 14.1 Å². The Morgan fingerprint density at radius 3 is 2.26 bits per heavy atom. The standard InChI is InChI=1S/C19H26N4O3S/c1-13(15-8-6-5-7-9-15)22-19(24)14(2)21-17-12-16(27(20,25)26)10-11-18(17)23(3)4/h5-14,21H,1-4H3,(H,22,24)(H2,20,25,26)/t13-,14-/m1/s1. The van der Waals surface area contributed by atoms with E-state index in [0.29, 0.717) is 5.69 Å². The van der Waals surface area contributed by atoms with Crippen LogP contribution >= 0.6 is 0 Å². The van der Waals surface area contributed by atoms with Gasteiger partial charge in [0.25, 0.3) is 0 Å². The molecule has 2 aromatic rings. The summed E-state index contributed by atoms with van der Waals surface area (Å²) in [4.78, 5) is 14.4. The molecule has 4 N–H and O–H groups in total. The normalized spacial score (nSPS) is 13.5. The topological polar surface area (TPSA) is 105 Å². The smallest absolute Gasteiger partial charge is 0.242 e. The predicted octanol–water partition coefficient (Wildman–Crippen LogP) is 2.08. The van der Waals surface area contributed by atoms with Gasteiger partial charge in [0.05, 0.1) is 22.3 Å². The van der Waals surface area contributed by atoms with Crippen molar-refractivity contribution in [3.8, 4) is 0 Å². The number of rotatable bonds is 7. The summed E-state index contributed by atoms with van der Waals surface area (Å²) in [5.74, 6) is -0.197. The second-order valence-corrected chi connectivity index (χ2v) is 8.19. The van der Waals surface area contributed by atoms with Gasteiger partial charge in [-0.2, -0.15) is 0 Å². The lowest BCUT2D eigenvalue weighted by Gasteiger charge is -2.23. The third-order valence-electron chi connectivity index (χ3n) is 4.20. The average Bonchev–Trinajstić information content (AvgIpc) is 2.61. The molecule has 0 spiro atoms. The molecular formula is C19H26N4O3S. The lowest BCUT2D eigenvalue weighted by molar-refractivity contribution is -0.122. The molecule has 1 amide bonds. The Kier molecular flexibility index (Phi) is 6.45. The molecule has 0 unspecified atom stereocenters. The third-order valence-corrected chi connectivity index (χ3v) is 5.11. The lowest BCUT2D eigenvalue weighted by Crippen LogP contribution is -2.39. The van der Waals surface area contributed by atoms with Crippen LogP contribution < -0.4 is 20.7 Å². The quantitative estimate of drug-likeness (QED) is 0.671. The predicted molar refractivity (Wildman–Crippen MR) is 108 cm³/mol. The van der Waals surface area contributed by atoms with Crippen molar-refractivity contribution in [3.63, 3.8) is 0 Å². The van der Waals surface area contributed by atoms with Gasteiger partial charge in [-0.3, -0.25) is 4.79 Å². The summed E-state index contributed by atoms with van der Waals surface area (Å²) in [6.07, 6.45) is 0. The maximum Gasteiger partial charge on any atom is 0.242 e. The molecule has 0 saturated carbocycles. The molecule has 0 aromatic heterocycles. The number of hydrogen-bond acceptors (Lipinski definition) is 5. The van der Waals surface area contributed by atoms with Crippen molar-refractivity contribution in [2.24, 2.45) is 5.14 Å². The van der Waals surface area contributed by atoms with E-state index in [-0.39, 0.29) is 16.8 Å². The number of carbonyl (C=O) groups excluding carboxylic acids is 1. The number of anilines is 2. The van der Waals surface area contributed by atoms with Gasteiger partial charge in [-0.1, -0.05) is 30.3 Å². The molecule has 0 fully saturated rings. The molecule has 0 heterocycles. The fraction of sp³-hybridized carbons (Fsp3) is 0.316. The minimum Gasteiger partial charge on any atom is -0.376 e. The number of nitrogens with zero attached hydrogens (tertiary/aromatic N) is 1. The summed E-state index contributed by atoms with van der Waals surface area (Å²) in [5, 5.41) is 11.3. The van der Waals surface area contributed by atoms with Gasteiger partial charge in [-0.25, -0.2) is 13.6 Å². The van der Waals surface area contributed by atoms with E-state index < -0.39 is 16.1 Å². The zero-order chi connectivity index (χ0) is 20.2. The second kappa shape index (κ2) is 8.41. The molecule has 2 atom stereocenters. The summed E-state index contributed by atoms with van der Waals surface area (Å²) in [6.45, 7) is 3.63. The highest BCUT2D eigenvalue weighted by molar-refractivity contribution is 7.89. The monoisotopic (exact) mass is 390 g/mol. The number of amides is 1. The van der Waals surface area contributed by atoms with Crippen LogP contribution in [0.5, 0.6) is 0 Å². The summed E-state index contributed by atoms with van der Waals surface area (Å²) >= 11 is 0. The lowest BCUT2D eigenvalue weighted by atomic mass is 10.1. The minimum atomic E-state index is -3.84. The number of sulfonamides is 1. The Bertz CT molecular complexity index is 898. The van der Waals surface area contributed by atoms with Gasteiger partial charge in [-0.05, 0) is 37.6 Å². The molecule has 2 aromatic carbocycles. The average molecular weight is 391 g/mol. The van der Waals surface area contributed by atoms with E-state index in [4.69, 9.17) is 5.14 Å². The number of carbonyl (C=O) groups is 1. The first-order valence-electron chi connectivity index (χ1n) is 8.55. The van der Waals surface area contributed by atoms with Crippen molar-refractivity contribution in [1.29, 1.82) is 0 Å². The number of benzene rings is 2. The van der Waals surface area contributed by atoms with Gasteiger partial charge >= 0.3 is 0 Å². The SMILES string of the molecule is C[C@@H](Nc1cc(S(N)(=O)=O)ccc1N(C)C)C(=O)N[C@H](C)c1ccccc1. The molecule has 7 nitrogen and oxygen atoms in total. The van der Waals surface area contributed by atoms with Crippen LogP contribution in [0.1, 0.15) is 25.5 Å². The summed E-state index contributed by atoms with van der Waals surface area (Å²) < 4.78 is 23.3. The van der Waals surface area contributed by atoms with E-state index in [0.717, 1.165) is 11.3 Å². The van der Waals surface area contributed by atoms with E-state index in [2.05, 4.69) is 10.6 Å². The number of nitrogens with two attached hydrogens (primary N) is 1. The van der Waals surface area contributed by atoms with Gasteiger partial charge in [-0.15, -0.1) is 0 Å². The van der Waals surface area contributed by atoms with Gasteiger partial charge in [0.1, 0.15) is 6.04 Å². The highest BCUT2D eigenvalue weighted by Gasteiger charge is 2.19. The van der Waals surface area contributed by atoms with Crippen LogP contribution in [-0.4, -0.2) is 34.5 Å². The fourth-order valence-corrected chi connectivity index (χ4v) is 3.20. The van der Waals surface area contributed by atoms with Crippen LogP contribution in [0.4, 0.5) is 11.4 Å². The number of nitrogens with one attached hydrogen (secondary N) is 2. The maximum atomic E-state index is 12.6. The molecule has 8 heteroatoms. The molecule has 0 aliphatic rings. The Labute approximate surface area is 160 Å². The zero-order valence-electron chi connectivity index (χ0n) is 15.9. The van der Waals surface area contributed by atoms with Crippen molar-refractivity contribution in [2.45, 2.75) is 30.8 Å². The Morgan fingerprint density at radius 1 is 1.07 bits per heavy atom. The largest absolute Gasteiger partial charge is 0.376 e. The molecule has 2 rings (SSSR count). The fourth-order valence-electron chi connectivity index (χ4n) is 2.66. The second-order valence-electron chi connectivity index (χ2n) is 6.63. The first-order chi connectivity index (χ1) is 12.6. The van der Waals surface area contributed by atoms with Crippen LogP contribution in [0, 0.1) is 0 Å². The summed E-state index contributed by atoms with van der Waals surface area (Å²) in [6, 6.07) is 13.5. The summed E-state index contributed by atoms with van der Waals surface area (Å²) in [7, 11) is -0.173. The highest BCUT2D eigenvalue weighted by Crippen LogP contribution is 2.28. The molecule has 0 radical (unpaired) electrons. The van der Waals surface area contributed by atoms with Crippen LogP contribution in [0.25, 0.3) is 0 Å². The molecular weight excluding hydrogens is 364 g/mol. The van der Waals surface area contributed by atoms with E-state index in [9.17, 15) is 13.2 Å². The molecule has 146 valence electrons. The number of hydrogen-bond donors (Lipinski definition) is 3. The molecule has 0 aliphatic heterocycles. The van der Waals surface area contributed by atoms with Crippen molar-refractivity contribution in [1.82, 2.24) is 5.32 Å². The van der Waals surface area contributed by atoms with E-state index in [1.807, 2.05) is 56.3 Å². The number of primary sulfonamides is 1. The van der Waals surface area contributed by atoms with E-state index in [1.54, 1.807) is 13.0 Å². The Hall–Kier alpha value is -2.58. The third kappa shape index (κ3) is 5.45.